The molecule has 6 nitrogen and oxygen atoms in total. The Morgan fingerprint density at radius 3 is 2.63 bits per heavy atom. The third kappa shape index (κ3) is 5.44. The Kier molecular flexibility index (Phi) is 6.65. The number of carbonyl (C=O) groups is 2. The summed E-state index contributed by atoms with van der Waals surface area (Å²) < 4.78 is 5.71. The van der Waals surface area contributed by atoms with Crippen molar-refractivity contribution in [2.75, 3.05) is 19.7 Å². The van der Waals surface area contributed by atoms with E-state index in [-0.39, 0.29) is 37.4 Å². The van der Waals surface area contributed by atoms with Crippen molar-refractivity contribution in [2.45, 2.75) is 31.8 Å². The van der Waals surface area contributed by atoms with Crippen molar-refractivity contribution < 1.29 is 19.4 Å². The maximum atomic E-state index is 11.9. The fourth-order valence-electron chi connectivity index (χ4n) is 3.36. The van der Waals surface area contributed by atoms with E-state index in [4.69, 9.17) is 4.74 Å². The van der Waals surface area contributed by atoms with Crippen LogP contribution >= 0.6 is 0 Å². The summed E-state index contributed by atoms with van der Waals surface area (Å²) in [5.74, 6) is 0.368. The molecule has 2 aromatic carbocycles. The summed E-state index contributed by atoms with van der Waals surface area (Å²) in [7, 11) is 0. The number of aliphatic hydroxyl groups is 1. The maximum Gasteiger partial charge on any atom is 0.239 e. The van der Waals surface area contributed by atoms with Gasteiger partial charge in [0.1, 0.15) is 18.5 Å². The van der Waals surface area contributed by atoms with Gasteiger partial charge in [-0.15, -0.1) is 0 Å². The highest BCUT2D eigenvalue weighted by Gasteiger charge is 2.22. The van der Waals surface area contributed by atoms with Crippen LogP contribution in [0, 0.1) is 5.92 Å². The van der Waals surface area contributed by atoms with Crippen molar-refractivity contribution >= 4 is 22.6 Å². The molecule has 1 fully saturated rings. The van der Waals surface area contributed by atoms with E-state index >= 15 is 0 Å². The third-order valence-corrected chi connectivity index (χ3v) is 4.86. The number of carbonyl (C=O) groups excluding carboxylic acids is 2. The highest BCUT2D eigenvalue weighted by atomic mass is 16.5. The standard InChI is InChI=1S/C21H26N2O4/c24-17(12-22-20(25)13-23-21(26)16-7-1-2-8-16)14-27-19-11-5-9-15-6-3-4-10-18(15)19/h3-6,9-11,16-17,24H,1-2,7-8,12-14H2,(H,22,25)(H,23,26)/t17-/m1/s1. The number of benzene rings is 2. The molecule has 2 aromatic rings. The summed E-state index contributed by atoms with van der Waals surface area (Å²) in [5.41, 5.74) is 0. The smallest absolute Gasteiger partial charge is 0.239 e. The van der Waals surface area contributed by atoms with Crippen LogP contribution in [0.1, 0.15) is 25.7 Å². The van der Waals surface area contributed by atoms with Gasteiger partial charge in [-0.2, -0.15) is 0 Å². The first kappa shape index (κ1) is 19.2. The maximum absolute atomic E-state index is 11.9. The number of fused-ring (bicyclic) bond motifs is 1. The lowest BCUT2D eigenvalue weighted by Gasteiger charge is -2.15. The van der Waals surface area contributed by atoms with Crippen LogP contribution in [0.15, 0.2) is 42.5 Å². The molecule has 0 bridgehead atoms. The number of hydrogen-bond acceptors (Lipinski definition) is 4. The molecule has 3 N–H and O–H groups in total. The Morgan fingerprint density at radius 2 is 1.81 bits per heavy atom. The van der Waals surface area contributed by atoms with Crippen molar-refractivity contribution in [3.8, 4) is 5.75 Å². The minimum absolute atomic E-state index is 0.0393. The normalized spacial score (nSPS) is 15.4. The first-order chi connectivity index (χ1) is 13.1. The summed E-state index contributed by atoms with van der Waals surface area (Å²) >= 11 is 0. The SMILES string of the molecule is O=C(CNC(=O)C1CCCC1)NC[C@@H](O)COc1cccc2ccccc12. The monoisotopic (exact) mass is 370 g/mol. The second-order valence-electron chi connectivity index (χ2n) is 6.95. The van der Waals surface area contributed by atoms with Gasteiger partial charge in [-0.25, -0.2) is 0 Å². The van der Waals surface area contributed by atoms with Crippen molar-refractivity contribution in [1.82, 2.24) is 10.6 Å². The minimum Gasteiger partial charge on any atom is -0.490 e. The van der Waals surface area contributed by atoms with Crippen LogP contribution in [0.25, 0.3) is 10.8 Å². The number of nitrogens with one attached hydrogen (secondary N) is 2. The van der Waals surface area contributed by atoms with Gasteiger partial charge >= 0.3 is 0 Å². The molecule has 0 saturated heterocycles. The van der Waals surface area contributed by atoms with Crippen LogP contribution in [0.2, 0.25) is 0 Å². The van der Waals surface area contributed by atoms with E-state index < -0.39 is 6.10 Å². The average molecular weight is 370 g/mol. The molecule has 1 aliphatic carbocycles. The molecule has 2 amide bonds. The molecule has 6 heteroatoms. The Balaban J connectivity index is 1.38. The second kappa shape index (κ2) is 9.37. The van der Waals surface area contributed by atoms with Crippen molar-refractivity contribution in [3.63, 3.8) is 0 Å². The Hall–Kier alpha value is -2.60. The molecule has 144 valence electrons. The van der Waals surface area contributed by atoms with E-state index in [1.165, 1.54) is 0 Å². The molecular weight excluding hydrogens is 344 g/mol. The van der Waals surface area contributed by atoms with Crippen LogP contribution in [-0.4, -0.2) is 42.7 Å². The van der Waals surface area contributed by atoms with E-state index in [1.807, 2.05) is 42.5 Å². The fourth-order valence-corrected chi connectivity index (χ4v) is 3.36. The van der Waals surface area contributed by atoms with Gasteiger partial charge in [0.25, 0.3) is 0 Å². The number of amides is 2. The molecule has 3 rings (SSSR count). The van der Waals surface area contributed by atoms with Gasteiger partial charge in [0.2, 0.25) is 11.8 Å². The van der Waals surface area contributed by atoms with Crippen LogP contribution < -0.4 is 15.4 Å². The topological polar surface area (TPSA) is 87.7 Å². The molecule has 0 unspecified atom stereocenters. The Morgan fingerprint density at radius 1 is 1.07 bits per heavy atom. The lowest BCUT2D eigenvalue weighted by molar-refractivity contribution is -0.128. The van der Waals surface area contributed by atoms with Crippen LogP contribution in [0.3, 0.4) is 0 Å². The summed E-state index contributed by atoms with van der Waals surface area (Å²) in [4.78, 5) is 23.7. The van der Waals surface area contributed by atoms with Crippen LogP contribution in [-0.2, 0) is 9.59 Å². The first-order valence-electron chi connectivity index (χ1n) is 9.46. The summed E-state index contributed by atoms with van der Waals surface area (Å²) in [6.45, 7) is 0.0812. The van der Waals surface area contributed by atoms with E-state index in [0.717, 1.165) is 36.5 Å². The Labute approximate surface area is 158 Å². The zero-order valence-corrected chi connectivity index (χ0v) is 15.3. The largest absolute Gasteiger partial charge is 0.490 e. The summed E-state index contributed by atoms with van der Waals surface area (Å²) in [5, 5.41) is 17.4. The van der Waals surface area contributed by atoms with Gasteiger partial charge in [0.15, 0.2) is 0 Å². The number of aliphatic hydroxyl groups excluding tert-OH is 1. The van der Waals surface area contributed by atoms with Crippen molar-refractivity contribution in [2.24, 2.45) is 5.92 Å². The van der Waals surface area contributed by atoms with E-state index in [2.05, 4.69) is 10.6 Å². The molecule has 0 aliphatic heterocycles. The van der Waals surface area contributed by atoms with Crippen molar-refractivity contribution in [3.05, 3.63) is 42.5 Å². The second-order valence-corrected chi connectivity index (χ2v) is 6.95. The average Bonchev–Trinajstić information content (AvgIpc) is 3.23. The predicted molar refractivity (Wildman–Crippen MR) is 103 cm³/mol. The van der Waals surface area contributed by atoms with Gasteiger partial charge in [-0.3, -0.25) is 9.59 Å². The highest BCUT2D eigenvalue weighted by Crippen LogP contribution is 2.25. The lowest BCUT2D eigenvalue weighted by atomic mass is 10.1. The number of rotatable bonds is 8. The van der Waals surface area contributed by atoms with E-state index in [0.29, 0.717) is 5.75 Å². The lowest BCUT2D eigenvalue weighted by Crippen LogP contribution is -2.42. The van der Waals surface area contributed by atoms with Gasteiger partial charge < -0.3 is 20.5 Å². The molecule has 1 saturated carbocycles. The minimum atomic E-state index is -0.835. The quantitative estimate of drug-likeness (QED) is 0.663. The zero-order chi connectivity index (χ0) is 19.1. The van der Waals surface area contributed by atoms with Gasteiger partial charge in [-0.05, 0) is 24.3 Å². The Bertz CT molecular complexity index is 781. The van der Waals surface area contributed by atoms with Gasteiger partial charge in [0.05, 0.1) is 6.54 Å². The highest BCUT2D eigenvalue weighted by molar-refractivity contribution is 5.88. The zero-order valence-electron chi connectivity index (χ0n) is 15.3. The van der Waals surface area contributed by atoms with E-state index in [9.17, 15) is 14.7 Å². The molecule has 1 atom stereocenters. The molecular formula is C21H26N2O4. The number of hydrogen-bond donors (Lipinski definition) is 3. The molecule has 0 radical (unpaired) electrons. The summed E-state index contributed by atoms with van der Waals surface area (Å²) in [6.07, 6.45) is 3.12. The van der Waals surface area contributed by atoms with E-state index in [1.54, 1.807) is 0 Å². The molecule has 0 spiro atoms. The molecule has 1 aliphatic rings. The van der Waals surface area contributed by atoms with Crippen LogP contribution in [0.5, 0.6) is 5.75 Å². The van der Waals surface area contributed by atoms with Gasteiger partial charge in [0, 0.05) is 17.8 Å². The van der Waals surface area contributed by atoms with Crippen molar-refractivity contribution in [1.29, 1.82) is 0 Å². The summed E-state index contributed by atoms with van der Waals surface area (Å²) in [6, 6.07) is 13.6. The third-order valence-electron chi connectivity index (χ3n) is 4.86. The predicted octanol–water partition coefficient (Wildman–Crippen LogP) is 2.00. The molecule has 27 heavy (non-hydrogen) atoms. The van der Waals surface area contributed by atoms with Crippen LogP contribution in [0.4, 0.5) is 0 Å². The number of ether oxygens (including phenoxy) is 1. The molecule has 0 aromatic heterocycles. The first-order valence-corrected chi connectivity index (χ1v) is 9.46. The van der Waals surface area contributed by atoms with Gasteiger partial charge in [-0.1, -0.05) is 49.2 Å². The fraction of sp³-hybridized carbons (Fsp3) is 0.429. The molecule has 0 heterocycles.